The molecule has 1 aliphatic heterocycles. The lowest BCUT2D eigenvalue weighted by Gasteiger charge is -2.33. The van der Waals surface area contributed by atoms with E-state index < -0.39 is 10.0 Å². The molecule has 5 nitrogen and oxygen atoms in total. The van der Waals surface area contributed by atoms with E-state index in [1.807, 2.05) is 31.2 Å². The number of nitrogens with zero attached hydrogens (tertiary/aromatic N) is 1. The Morgan fingerprint density at radius 1 is 1.36 bits per heavy atom. The third kappa shape index (κ3) is 2.66. The molecule has 0 bridgehead atoms. The highest BCUT2D eigenvalue weighted by molar-refractivity contribution is 7.89. The molecule has 3 rings (SSSR count). The third-order valence-electron chi connectivity index (χ3n) is 4.39. The van der Waals surface area contributed by atoms with E-state index in [1.165, 1.54) is 4.31 Å². The van der Waals surface area contributed by atoms with Crippen LogP contribution in [0, 0.1) is 0 Å². The molecule has 0 amide bonds. The summed E-state index contributed by atoms with van der Waals surface area (Å²) in [5.41, 5.74) is 3.11. The van der Waals surface area contributed by atoms with Crippen LogP contribution in [0.5, 0.6) is 0 Å². The molecule has 2 aromatic rings. The van der Waals surface area contributed by atoms with E-state index in [1.54, 1.807) is 0 Å². The van der Waals surface area contributed by atoms with Gasteiger partial charge in [-0.15, -0.1) is 0 Å². The molecule has 1 aliphatic rings. The smallest absolute Gasteiger partial charge is 0.214 e. The van der Waals surface area contributed by atoms with Gasteiger partial charge in [-0.25, -0.2) is 8.42 Å². The maximum atomic E-state index is 12.5. The molecular weight excluding hydrogens is 300 g/mol. The second-order valence-corrected chi connectivity index (χ2v) is 7.92. The number of hydrogen-bond acceptors (Lipinski definition) is 3. The molecule has 22 heavy (non-hydrogen) atoms. The summed E-state index contributed by atoms with van der Waals surface area (Å²) in [5, 5.41) is 10.8. The average Bonchev–Trinajstić information content (AvgIpc) is 2.89. The fourth-order valence-corrected chi connectivity index (χ4v) is 4.98. The number of sulfonamides is 1. The van der Waals surface area contributed by atoms with Gasteiger partial charge in [0.1, 0.15) is 0 Å². The quantitative estimate of drug-likeness (QED) is 0.884. The van der Waals surface area contributed by atoms with Gasteiger partial charge < -0.3 is 10.1 Å². The minimum Gasteiger partial charge on any atom is -0.395 e. The van der Waals surface area contributed by atoms with Crippen LogP contribution in [0.25, 0.3) is 10.9 Å². The molecule has 0 saturated heterocycles. The summed E-state index contributed by atoms with van der Waals surface area (Å²) < 4.78 is 26.6. The molecule has 0 spiro atoms. The Bertz CT molecular complexity index is 767. The van der Waals surface area contributed by atoms with Gasteiger partial charge in [-0.05, 0) is 24.5 Å². The van der Waals surface area contributed by atoms with E-state index >= 15 is 0 Å². The van der Waals surface area contributed by atoms with Gasteiger partial charge in [-0.2, -0.15) is 4.31 Å². The maximum Gasteiger partial charge on any atom is 0.214 e. The highest BCUT2D eigenvalue weighted by Crippen LogP contribution is 2.31. The van der Waals surface area contributed by atoms with Gasteiger partial charge in [0.25, 0.3) is 0 Å². The van der Waals surface area contributed by atoms with Gasteiger partial charge in [0, 0.05) is 16.6 Å². The largest absolute Gasteiger partial charge is 0.395 e. The van der Waals surface area contributed by atoms with Crippen molar-refractivity contribution in [2.75, 3.05) is 12.4 Å². The van der Waals surface area contributed by atoms with Gasteiger partial charge in [0.05, 0.1) is 24.9 Å². The Morgan fingerprint density at radius 3 is 2.86 bits per heavy atom. The summed E-state index contributed by atoms with van der Waals surface area (Å²) in [6, 6.07) is 7.62. The van der Waals surface area contributed by atoms with Crippen molar-refractivity contribution in [2.45, 2.75) is 38.8 Å². The van der Waals surface area contributed by atoms with Crippen LogP contribution in [0.4, 0.5) is 0 Å². The van der Waals surface area contributed by atoms with Crippen LogP contribution >= 0.6 is 0 Å². The number of unbranched alkanes of at least 4 members (excludes halogenated alkanes) is 1. The lowest BCUT2D eigenvalue weighted by atomic mass is 9.99. The normalized spacial score (nSPS) is 19.5. The molecule has 1 unspecified atom stereocenters. The molecule has 0 radical (unpaired) electrons. The number of para-hydroxylation sites is 1. The van der Waals surface area contributed by atoms with Crippen LogP contribution in [0.2, 0.25) is 0 Å². The van der Waals surface area contributed by atoms with Gasteiger partial charge in [0.2, 0.25) is 10.0 Å². The minimum atomic E-state index is -3.33. The number of fused-ring (bicyclic) bond motifs is 3. The van der Waals surface area contributed by atoms with E-state index in [0.717, 1.165) is 28.6 Å². The maximum absolute atomic E-state index is 12.5. The standard InChI is InChI=1S/C16H22N2O3S/c1-2-3-8-22(20,21)18-10-16-14(9-12(18)11-19)13-6-4-5-7-15(13)17-16/h4-7,12,17,19H,2-3,8-11H2,1H3. The number of aromatic amines is 1. The fourth-order valence-electron chi connectivity index (χ4n) is 3.17. The second-order valence-electron chi connectivity index (χ2n) is 5.88. The Hall–Kier alpha value is -1.37. The van der Waals surface area contributed by atoms with E-state index in [0.29, 0.717) is 19.4 Å². The molecule has 1 aromatic carbocycles. The molecule has 0 fully saturated rings. The Labute approximate surface area is 131 Å². The predicted molar refractivity (Wildman–Crippen MR) is 87.1 cm³/mol. The van der Waals surface area contributed by atoms with Crippen LogP contribution in [-0.2, 0) is 23.0 Å². The zero-order valence-corrected chi connectivity index (χ0v) is 13.6. The van der Waals surface area contributed by atoms with Crippen LogP contribution in [0.15, 0.2) is 24.3 Å². The second kappa shape index (κ2) is 6.02. The first-order chi connectivity index (χ1) is 10.6. The SMILES string of the molecule is CCCCS(=O)(=O)N1Cc2[nH]c3ccccc3c2CC1CO. The minimum absolute atomic E-state index is 0.148. The predicted octanol–water partition coefficient (Wildman–Crippen LogP) is 2.02. The molecule has 0 aliphatic carbocycles. The molecule has 6 heteroatoms. The van der Waals surface area contributed by atoms with Crippen LogP contribution in [0.3, 0.4) is 0 Å². The van der Waals surface area contributed by atoms with Crippen molar-refractivity contribution in [2.24, 2.45) is 0 Å². The first-order valence-electron chi connectivity index (χ1n) is 7.75. The number of H-pyrrole nitrogens is 1. The Balaban J connectivity index is 1.98. The molecule has 1 aromatic heterocycles. The van der Waals surface area contributed by atoms with Gasteiger partial charge in [0.15, 0.2) is 0 Å². The van der Waals surface area contributed by atoms with E-state index in [-0.39, 0.29) is 18.4 Å². The van der Waals surface area contributed by atoms with Crippen molar-refractivity contribution in [3.63, 3.8) is 0 Å². The van der Waals surface area contributed by atoms with Crippen molar-refractivity contribution in [1.29, 1.82) is 0 Å². The monoisotopic (exact) mass is 322 g/mol. The number of aliphatic hydroxyl groups excluding tert-OH is 1. The van der Waals surface area contributed by atoms with Crippen molar-refractivity contribution in [3.8, 4) is 0 Å². The van der Waals surface area contributed by atoms with Gasteiger partial charge in [-0.1, -0.05) is 31.5 Å². The van der Waals surface area contributed by atoms with Gasteiger partial charge >= 0.3 is 0 Å². The van der Waals surface area contributed by atoms with E-state index in [9.17, 15) is 13.5 Å². The average molecular weight is 322 g/mol. The number of aromatic nitrogens is 1. The van der Waals surface area contributed by atoms with Crippen LogP contribution in [0.1, 0.15) is 31.0 Å². The number of hydrogen-bond donors (Lipinski definition) is 2. The molecule has 120 valence electrons. The number of nitrogens with one attached hydrogen (secondary N) is 1. The topological polar surface area (TPSA) is 73.4 Å². The van der Waals surface area contributed by atoms with Crippen molar-refractivity contribution >= 4 is 20.9 Å². The Kier molecular flexibility index (Phi) is 4.25. The molecule has 0 saturated carbocycles. The molecule has 2 N–H and O–H groups in total. The number of aliphatic hydroxyl groups is 1. The summed E-state index contributed by atoms with van der Waals surface area (Å²) >= 11 is 0. The fraction of sp³-hybridized carbons (Fsp3) is 0.500. The summed E-state index contributed by atoms with van der Waals surface area (Å²) in [6.45, 7) is 2.15. The highest BCUT2D eigenvalue weighted by atomic mass is 32.2. The number of rotatable bonds is 5. The molecular formula is C16H22N2O3S. The zero-order chi connectivity index (χ0) is 15.7. The van der Waals surface area contributed by atoms with Crippen LogP contribution in [-0.4, -0.2) is 41.2 Å². The summed E-state index contributed by atoms with van der Waals surface area (Å²) in [6.07, 6.45) is 2.05. The lowest BCUT2D eigenvalue weighted by Crippen LogP contribution is -2.47. The number of benzene rings is 1. The summed E-state index contributed by atoms with van der Waals surface area (Å²) in [4.78, 5) is 3.33. The van der Waals surface area contributed by atoms with Crippen LogP contribution < -0.4 is 0 Å². The van der Waals surface area contributed by atoms with E-state index in [4.69, 9.17) is 0 Å². The van der Waals surface area contributed by atoms with E-state index in [2.05, 4.69) is 4.98 Å². The van der Waals surface area contributed by atoms with Crippen molar-refractivity contribution in [1.82, 2.24) is 9.29 Å². The first kappa shape index (κ1) is 15.5. The molecule has 2 heterocycles. The van der Waals surface area contributed by atoms with Gasteiger partial charge in [-0.3, -0.25) is 0 Å². The molecule has 1 atom stereocenters. The third-order valence-corrected chi connectivity index (χ3v) is 6.33. The lowest BCUT2D eigenvalue weighted by molar-refractivity contribution is 0.173. The Morgan fingerprint density at radius 2 is 2.14 bits per heavy atom. The highest BCUT2D eigenvalue weighted by Gasteiger charge is 2.35. The van der Waals surface area contributed by atoms with Crippen molar-refractivity contribution < 1.29 is 13.5 Å². The summed E-state index contributed by atoms with van der Waals surface area (Å²) in [5.74, 6) is 0.148. The zero-order valence-electron chi connectivity index (χ0n) is 12.7. The van der Waals surface area contributed by atoms with Crippen molar-refractivity contribution in [3.05, 3.63) is 35.5 Å². The first-order valence-corrected chi connectivity index (χ1v) is 9.36. The summed E-state index contributed by atoms with van der Waals surface area (Å²) in [7, 11) is -3.33.